The summed E-state index contributed by atoms with van der Waals surface area (Å²) in [5.74, 6) is 0. The number of benzene rings is 5. The third-order valence-corrected chi connectivity index (χ3v) is 9.40. The van der Waals surface area contributed by atoms with E-state index in [9.17, 15) is 4.79 Å². The molecule has 0 N–H and O–H groups in total. The molecule has 5 heterocycles. The van der Waals surface area contributed by atoms with E-state index < -0.39 is 0 Å². The Morgan fingerprint density at radius 1 is 0.362 bits per heavy atom. The van der Waals surface area contributed by atoms with E-state index in [1.54, 1.807) is 0 Å². The Kier molecular flexibility index (Phi) is 5.33. The molecule has 5 aromatic carbocycles. The summed E-state index contributed by atoms with van der Waals surface area (Å²) in [6.07, 6.45) is 7.53. The molecule has 0 saturated carbocycles. The van der Waals surface area contributed by atoms with Gasteiger partial charge in [0.05, 0.1) is 33.0 Å². The van der Waals surface area contributed by atoms with E-state index in [1.165, 1.54) is 0 Å². The van der Waals surface area contributed by atoms with Crippen LogP contribution in [0.1, 0.15) is 0 Å². The van der Waals surface area contributed by atoms with E-state index in [0.29, 0.717) is 5.39 Å². The van der Waals surface area contributed by atoms with Crippen LogP contribution in [0.4, 0.5) is 0 Å². The SMILES string of the molecule is O=c1c2cc3c(cc2c2cc4c5cnccc5n(-c5ccccc5)c4cc2n1-c1ccccc1)c1cnccc1n3-c1ccccc1. The van der Waals surface area contributed by atoms with Crippen molar-refractivity contribution in [2.24, 2.45) is 0 Å². The first-order valence-electron chi connectivity index (χ1n) is 15.6. The largest absolute Gasteiger partial charge is 0.309 e. The van der Waals surface area contributed by atoms with Crippen LogP contribution < -0.4 is 5.56 Å². The minimum atomic E-state index is -0.0630. The number of para-hydroxylation sites is 3. The highest BCUT2D eigenvalue weighted by atomic mass is 16.1. The third-order valence-electron chi connectivity index (χ3n) is 9.40. The lowest BCUT2D eigenvalue weighted by Gasteiger charge is -2.15. The van der Waals surface area contributed by atoms with E-state index in [1.807, 2.05) is 90.0 Å². The smallest absolute Gasteiger partial charge is 0.263 e. The van der Waals surface area contributed by atoms with Crippen LogP contribution in [-0.2, 0) is 0 Å². The second-order valence-electron chi connectivity index (χ2n) is 11.9. The van der Waals surface area contributed by atoms with Crippen LogP contribution in [0.3, 0.4) is 0 Å². The maximum atomic E-state index is 14.8. The molecule has 0 spiro atoms. The molecule has 6 nitrogen and oxygen atoms in total. The number of hydrogen-bond donors (Lipinski definition) is 0. The van der Waals surface area contributed by atoms with Crippen molar-refractivity contribution in [1.82, 2.24) is 23.7 Å². The zero-order valence-corrected chi connectivity index (χ0v) is 25.1. The van der Waals surface area contributed by atoms with E-state index in [4.69, 9.17) is 0 Å². The standard InChI is InChI=1S/C41H25N5O/c47-41-33-22-38-31(34-24-42-18-16-36(34)44(38)26-10-4-1-5-11-26)20-29(33)30-21-32-35-25-43-19-17-37(35)45(27-12-6-2-7-13-27)39(32)23-40(30)46(41)28-14-8-3-9-15-28/h1-25H. The van der Waals surface area contributed by atoms with E-state index in [2.05, 4.69) is 85.8 Å². The zero-order chi connectivity index (χ0) is 31.1. The summed E-state index contributed by atoms with van der Waals surface area (Å²) in [4.78, 5) is 23.9. The second-order valence-corrected chi connectivity index (χ2v) is 11.9. The highest BCUT2D eigenvalue weighted by molar-refractivity contribution is 6.21. The van der Waals surface area contributed by atoms with Gasteiger partial charge in [0.2, 0.25) is 0 Å². The molecule has 10 rings (SSSR count). The van der Waals surface area contributed by atoms with Gasteiger partial charge in [-0.2, -0.15) is 0 Å². The molecule has 47 heavy (non-hydrogen) atoms. The Labute approximate surface area is 268 Å². The van der Waals surface area contributed by atoms with Gasteiger partial charge in [0.15, 0.2) is 0 Å². The molecule has 5 aromatic heterocycles. The van der Waals surface area contributed by atoms with Crippen molar-refractivity contribution < 1.29 is 0 Å². The maximum Gasteiger partial charge on any atom is 0.263 e. The average Bonchev–Trinajstić information content (AvgIpc) is 3.63. The van der Waals surface area contributed by atoms with E-state index in [0.717, 1.165) is 77.0 Å². The third kappa shape index (κ3) is 3.64. The molecule has 0 bridgehead atoms. The molecule has 0 aliphatic heterocycles. The molecule has 0 radical (unpaired) electrons. The Hall–Kier alpha value is -6.53. The summed E-state index contributed by atoms with van der Waals surface area (Å²) in [5, 5.41) is 6.80. The molecule has 220 valence electrons. The lowest BCUT2D eigenvalue weighted by atomic mass is 10.0. The van der Waals surface area contributed by atoms with Gasteiger partial charge < -0.3 is 9.13 Å². The quantitative estimate of drug-likeness (QED) is 0.189. The van der Waals surface area contributed by atoms with Crippen LogP contribution in [-0.4, -0.2) is 23.7 Å². The summed E-state index contributed by atoms with van der Waals surface area (Å²) >= 11 is 0. The second kappa shape index (κ2) is 9.73. The normalized spacial score (nSPS) is 11.9. The van der Waals surface area contributed by atoms with E-state index in [-0.39, 0.29) is 5.56 Å². The van der Waals surface area contributed by atoms with Crippen LogP contribution in [0, 0.1) is 0 Å². The number of fused-ring (bicyclic) bond motifs is 9. The molecule has 0 amide bonds. The van der Waals surface area contributed by atoms with Gasteiger partial charge >= 0.3 is 0 Å². The highest BCUT2D eigenvalue weighted by Crippen LogP contribution is 2.39. The minimum Gasteiger partial charge on any atom is -0.309 e. The molecule has 10 aromatic rings. The lowest BCUT2D eigenvalue weighted by molar-refractivity contribution is 1.06. The number of aromatic nitrogens is 5. The summed E-state index contributed by atoms with van der Waals surface area (Å²) in [7, 11) is 0. The van der Waals surface area contributed by atoms with Gasteiger partial charge in [-0.3, -0.25) is 19.3 Å². The zero-order valence-electron chi connectivity index (χ0n) is 25.1. The maximum absolute atomic E-state index is 14.8. The fourth-order valence-electron chi connectivity index (χ4n) is 7.38. The van der Waals surface area contributed by atoms with Gasteiger partial charge in [-0.1, -0.05) is 54.6 Å². The predicted molar refractivity (Wildman–Crippen MR) is 191 cm³/mol. The van der Waals surface area contributed by atoms with Gasteiger partial charge in [-0.25, -0.2) is 0 Å². The van der Waals surface area contributed by atoms with Gasteiger partial charge in [0.25, 0.3) is 5.56 Å². The van der Waals surface area contributed by atoms with Crippen molar-refractivity contribution in [3.8, 4) is 17.1 Å². The summed E-state index contributed by atoms with van der Waals surface area (Å²) < 4.78 is 6.36. The summed E-state index contributed by atoms with van der Waals surface area (Å²) in [6, 6.07) is 43.4. The van der Waals surface area contributed by atoms with E-state index >= 15 is 0 Å². The van der Waals surface area contributed by atoms with Gasteiger partial charge in [0.1, 0.15) is 0 Å². The van der Waals surface area contributed by atoms with Crippen molar-refractivity contribution in [3.63, 3.8) is 0 Å². The Balaban J connectivity index is 1.43. The van der Waals surface area contributed by atoms with Gasteiger partial charge in [0, 0.05) is 68.8 Å². The van der Waals surface area contributed by atoms with Gasteiger partial charge in [-0.05, 0) is 78.2 Å². The summed E-state index contributed by atoms with van der Waals surface area (Å²) in [6.45, 7) is 0. The number of nitrogens with zero attached hydrogens (tertiary/aromatic N) is 5. The number of pyridine rings is 3. The Morgan fingerprint density at radius 3 is 1.32 bits per heavy atom. The molecule has 0 unspecified atom stereocenters. The molecule has 0 saturated heterocycles. The molecule has 0 fully saturated rings. The topological polar surface area (TPSA) is 57.6 Å². The fraction of sp³-hybridized carbons (Fsp3) is 0. The Bertz CT molecular complexity index is 2900. The molecule has 0 aliphatic rings. The highest BCUT2D eigenvalue weighted by Gasteiger charge is 2.21. The van der Waals surface area contributed by atoms with Crippen LogP contribution in [0.25, 0.3) is 82.3 Å². The van der Waals surface area contributed by atoms with Crippen molar-refractivity contribution in [2.45, 2.75) is 0 Å². The fourth-order valence-corrected chi connectivity index (χ4v) is 7.38. The molecular formula is C41H25N5O. The van der Waals surface area contributed by atoms with Crippen LogP contribution in [0.5, 0.6) is 0 Å². The van der Waals surface area contributed by atoms with Crippen LogP contribution >= 0.6 is 0 Å². The number of hydrogen-bond acceptors (Lipinski definition) is 3. The first kappa shape index (κ1) is 25.8. The van der Waals surface area contributed by atoms with Crippen molar-refractivity contribution in [2.75, 3.05) is 0 Å². The Morgan fingerprint density at radius 2 is 0.787 bits per heavy atom. The van der Waals surface area contributed by atoms with Crippen molar-refractivity contribution in [3.05, 3.63) is 163 Å². The first-order chi connectivity index (χ1) is 23.3. The van der Waals surface area contributed by atoms with Crippen molar-refractivity contribution in [1.29, 1.82) is 0 Å². The number of rotatable bonds is 3. The molecular weight excluding hydrogens is 578 g/mol. The average molecular weight is 604 g/mol. The van der Waals surface area contributed by atoms with Crippen LogP contribution in [0.2, 0.25) is 0 Å². The molecule has 6 heteroatoms. The van der Waals surface area contributed by atoms with Crippen LogP contribution in [0.15, 0.2) is 157 Å². The summed E-state index contributed by atoms with van der Waals surface area (Å²) in [5.41, 5.74) is 7.78. The van der Waals surface area contributed by atoms with Crippen molar-refractivity contribution >= 4 is 65.3 Å². The van der Waals surface area contributed by atoms with Gasteiger partial charge in [-0.15, -0.1) is 0 Å². The first-order valence-corrected chi connectivity index (χ1v) is 15.6. The monoisotopic (exact) mass is 603 g/mol. The molecule has 0 atom stereocenters. The lowest BCUT2D eigenvalue weighted by Crippen LogP contribution is -2.19. The predicted octanol–water partition coefficient (Wildman–Crippen LogP) is 9.13. The molecule has 0 aliphatic carbocycles. The minimum absolute atomic E-state index is 0.0630.